The van der Waals surface area contributed by atoms with Gasteiger partial charge in [0.05, 0.1) is 28.9 Å². The van der Waals surface area contributed by atoms with Crippen LogP contribution in [0.3, 0.4) is 0 Å². The minimum Gasteiger partial charge on any atom is -0.433 e. The predicted octanol–water partition coefficient (Wildman–Crippen LogP) is 6.50. The number of halogens is 2. The molecule has 10 heteroatoms. The highest BCUT2D eigenvalue weighted by Crippen LogP contribution is 2.32. The zero-order valence-corrected chi connectivity index (χ0v) is 24.0. The lowest BCUT2D eigenvalue weighted by Gasteiger charge is -2.19. The SMILES string of the molecule is Cc1ccc(-n2c(C[C@H](C)OCc3ccccc3)cc(C(=O)Nc3ccc(S(C)(=O)=O)cc3)c2C)c(OC(F)F)c1. The van der Waals surface area contributed by atoms with Gasteiger partial charge in [-0.25, -0.2) is 8.42 Å². The second-order valence-electron chi connectivity index (χ2n) is 9.88. The third-order valence-electron chi connectivity index (χ3n) is 6.55. The van der Waals surface area contributed by atoms with Crippen LogP contribution in [-0.2, 0) is 27.6 Å². The second-order valence-corrected chi connectivity index (χ2v) is 11.9. The smallest absolute Gasteiger partial charge is 0.387 e. The van der Waals surface area contributed by atoms with Crippen molar-refractivity contribution >= 4 is 21.4 Å². The molecule has 1 heterocycles. The van der Waals surface area contributed by atoms with Gasteiger partial charge in [-0.15, -0.1) is 0 Å². The van der Waals surface area contributed by atoms with Gasteiger partial charge in [0, 0.05) is 29.8 Å². The molecule has 1 aromatic heterocycles. The number of nitrogens with zero attached hydrogens (tertiary/aromatic N) is 1. The molecule has 0 radical (unpaired) electrons. The molecule has 0 fully saturated rings. The maximum Gasteiger partial charge on any atom is 0.387 e. The van der Waals surface area contributed by atoms with Crippen LogP contribution in [0.5, 0.6) is 5.75 Å². The summed E-state index contributed by atoms with van der Waals surface area (Å²) in [4.78, 5) is 13.5. The highest BCUT2D eigenvalue weighted by atomic mass is 32.2. The number of hydrogen-bond acceptors (Lipinski definition) is 5. The molecule has 0 unspecified atom stereocenters. The van der Waals surface area contributed by atoms with Gasteiger partial charge in [-0.2, -0.15) is 8.78 Å². The number of carbonyl (C=O) groups excluding carboxylic acids is 1. The van der Waals surface area contributed by atoms with E-state index in [0.29, 0.717) is 41.4 Å². The number of rotatable bonds is 11. The third-order valence-corrected chi connectivity index (χ3v) is 7.68. The Morgan fingerprint density at radius 2 is 1.66 bits per heavy atom. The average Bonchev–Trinajstić information content (AvgIpc) is 3.23. The van der Waals surface area contributed by atoms with Gasteiger partial charge in [0.1, 0.15) is 5.75 Å². The summed E-state index contributed by atoms with van der Waals surface area (Å²) in [6.45, 7) is 2.78. The van der Waals surface area contributed by atoms with Gasteiger partial charge in [-0.1, -0.05) is 36.4 Å². The number of sulfone groups is 1. The van der Waals surface area contributed by atoms with E-state index >= 15 is 0 Å². The fourth-order valence-corrected chi connectivity index (χ4v) is 5.16. The van der Waals surface area contributed by atoms with E-state index in [1.54, 1.807) is 36.6 Å². The Morgan fingerprint density at radius 1 is 0.976 bits per heavy atom. The van der Waals surface area contributed by atoms with Gasteiger partial charge in [-0.3, -0.25) is 4.79 Å². The van der Waals surface area contributed by atoms with Crippen LogP contribution < -0.4 is 10.1 Å². The lowest BCUT2D eigenvalue weighted by molar-refractivity contribution is -0.0499. The summed E-state index contributed by atoms with van der Waals surface area (Å²) >= 11 is 0. The fraction of sp³-hybridized carbons (Fsp3) is 0.258. The quantitative estimate of drug-likeness (QED) is 0.218. The van der Waals surface area contributed by atoms with Gasteiger partial charge < -0.3 is 19.4 Å². The molecule has 1 amide bonds. The summed E-state index contributed by atoms with van der Waals surface area (Å²) in [6, 6.07) is 22.3. The molecule has 0 spiro atoms. The number of carbonyl (C=O) groups is 1. The number of anilines is 1. The zero-order valence-electron chi connectivity index (χ0n) is 23.2. The molecule has 216 valence electrons. The Hall–Kier alpha value is -4.02. The van der Waals surface area contributed by atoms with E-state index in [1.807, 2.05) is 37.3 Å². The highest BCUT2D eigenvalue weighted by molar-refractivity contribution is 7.90. The number of nitrogens with one attached hydrogen (secondary N) is 1. The van der Waals surface area contributed by atoms with Crippen LogP contribution in [0.15, 0.2) is 83.8 Å². The molecule has 0 aliphatic heterocycles. The predicted molar refractivity (Wildman–Crippen MR) is 154 cm³/mol. The number of amides is 1. The highest BCUT2D eigenvalue weighted by Gasteiger charge is 2.23. The summed E-state index contributed by atoms with van der Waals surface area (Å²) in [6.07, 6.45) is 1.22. The molecular weight excluding hydrogens is 550 g/mol. The van der Waals surface area contributed by atoms with E-state index < -0.39 is 22.4 Å². The normalized spacial score (nSPS) is 12.4. The van der Waals surface area contributed by atoms with Crippen molar-refractivity contribution in [3.05, 3.63) is 107 Å². The fourth-order valence-electron chi connectivity index (χ4n) is 4.53. The molecule has 41 heavy (non-hydrogen) atoms. The number of benzene rings is 3. The molecule has 0 aliphatic rings. The van der Waals surface area contributed by atoms with Crippen LogP contribution in [0.25, 0.3) is 5.69 Å². The zero-order chi connectivity index (χ0) is 29.7. The van der Waals surface area contributed by atoms with Crippen molar-refractivity contribution in [2.45, 2.75) is 51.4 Å². The minimum absolute atomic E-state index is 0.0128. The molecule has 0 saturated carbocycles. The summed E-state index contributed by atoms with van der Waals surface area (Å²) in [5.74, 6) is -0.447. The van der Waals surface area contributed by atoms with E-state index in [-0.39, 0.29) is 16.7 Å². The van der Waals surface area contributed by atoms with E-state index in [4.69, 9.17) is 9.47 Å². The molecule has 4 rings (SSSR count). The number of hydrogen-bond donors (Lipinski definition) is 1. The number of alkyl halides is 2. The molecular formula is C31H32F2N2O5S. The molecule has 7 nitrogen and oxygen atoms in total. The van der Waals surface area contributed by atoms with E-state index in [1.165, 1.54) is 30.3 Å². The lowest BCUT2D eigenvalue weighted by atomic mass is 10.1. The van der Waals surface area contributed by atoms with Crippen LogP contribution in [0.4, 0.5) is 14.5 Å². The van der Waals surface area contributed by atoms with Crippen LogP contribution in [0, 0.1) is 13.8 Å². The first-order chi connectivity index (χ1) is 19.4. The second kappa shape index (κ2) is 12.7. The van der Waals surface area contributed by atoms with Crippen molar-refractivity contribution in [1.82, 2.24) is 4.57 Å². The van der Waals surface area contributed by atoms with Crippen LogP contribution >= 0.6 is 0 Å². The summed E-state index contributed by atoms with van der Waals surface area (Å²) in [7, 11) is -3.38. The summed E-state index contributed by atoms with van der Waals surface area (Å²) in [5, 5.41) is 2.80. The minimum atomic E-state index is -3.38. The monoisotopic (exact) mass is 582 g/mol. The lowest BCUT2D eigenvalue weighted by Crippen LogP contribution is -2.16. The molecule has 1 atom stereocenters. The summed E-state index contributed by atoms with van der Waals surface area (Å²) in [5.41, 5.74) is 4.05. The third kappa shape index (κ3) is 7.59. The van der Waals surface area contributed by atoms with E-state index in [2.05, 4.69) is 5.32 Å². The Morgan fingerprint density at radius 3 is 2.29 bits per heavy atom. The first kappa shape index (κ1) is 30.0. The largest absolute Gasteiger partial charge is 0.433 e. The topological polar surface area (TPSA) is 86.6 Å². The van der Waals surface area contributed by atoms with Crippen LogP contribution in [-0.4, -0.2) is 37.9 Å². The van der Waals surface area contributed by atoms with Crippen molar-refractivity contribution in [3.63, 3.8) is 0 Å². The molecule has 1 N–H and O–H groups in total. The van der Waals surface area contributed by atoms with Gasteiger partial charge in [0.15, 0.2) is 9.84 Å². The first-order valence-corrected chi connectivity index (χ1v) is 14.9. The van der Waals surface area contributed by atoms with Gasteiger partial charge in [0.25, 0.3) is 5.91 Å². The van der Waals surface area contributed by atoms with Crippen LogP contribution in [0.1, 0.15) is 39.8 Å². The number of ether oxygens (including phenoxy) is 2. The molecule has 0 saturated heterocycles. The number of aromatic nitrogens is 1. The molecule has 0 aliphatic carbocycles. The Balaban J connectivity index is 1.68. The van der Waals surface area contributed by atoms with Gasteiger partial charge in [-0.05, 0) is 74.4 Å². The Labute approximate surface area is 238 Å². The van der Waals surface area contributed by atoms with Crippen molar-refractivity contribution in [3.8, 4) is 11.4 Å². The van der Waals surface area contributed by atoms with E-state index in [0.717, 1.165) is 17.4 Å². The first-order valence-electron chi connectivity index (χ1n) is 13.0. The maximum absolute atomic E-state index is 13.4. The van der Waals surface area contributed by atoms with Crippen LogP contribution in [0.2, 0.25) is 0 Å². The molecule has 4 aromatic rings. The van der Waals surface area contributed by atoms with Crippen molar-refractivity contribution in [2.24, 2.45) is 0 Å². The average molecular weight is 583 g/mol. The summed E-state index contributed by atoms with van der Waals surface area (Å²) < 4.78 is 62.9. The Kier molecular flexibility index (Phi) is 9.25. The van der Waals surface area contributed by atoms with Gasteiger partial charge >= 0.3 is 6.61 Å². The van der Waals surface area contributed by atoms with E-state index in [9.17, 15) is 22.0 Å². The van der Waals surface area contributed by atoms with Crippen molar-refractivity contribution in [2.75, 3.05) is 11.6 Å². The maximum atomic E-state index is 13.4. The standard InChI is InChI=1S/C31H32F2N2O5S/c1-20-10-15-28(29(16-20)40-31(32)33)35-22(3)27(30(36)34-24-11-13-26(14-12-24)41(4,37)38)18-25(35)17-21(2)39-19-23-8-6-5-7-9-23/h5-16,18,21,31H,17,19H2,1-4H3,(H,34,36)/t21-/m0/s1. The Bertz CT molecular complexity index is 1620. The van der Waals surface area contributed by atoms with Crippen molar-refractivity contribution in [1.29, 1.82) is 0 Å². The van der Waals surface area contributed by atoms with Crippen molar-refractivity contribution < 1.29 is 31.5 Å². The number of aryl methyl sites for hydroxylation is 1. The van der Waals surface area contributed by atoms with Gasteiger partial charge in [0.2, 0.25) is 0 Å². The molecule has 3 aromatic carbocycles. The molecule has 0 bridgehead atoms.